The number of nitrogens with zero attached hydrogens (tertiary/aromatic N) is 3. The highest BCUT2D eigenvalue weighted by Gasteiger charge is 2.27. The second kappa shape index (κ2) is 11.2. The Bertz CT molecular complexity index is 907. The monoisotopic (exact) mass is 451 g/mol. The maximum absolute atomic E-state index is 12.8. The number of hydrogen-bond acceptors (Lipinski definition) is 5. The van der Waals surface area contributed by atoms with Crippen molar-refractivity contribution in [2.45, 2.75) is 25.4 Å². The van der Waals surface area contributed by atoms with Crippen LogP contribution in [0.1, 0.15) is 18.4 Å². The molecule has 0 unspecified atom stereocenters. The number of benzene rings is 2. The Labute approximate surface area is 195 Å². The maximum Gasteiger partial charge on any atom is 0.323 e. The van der Waals surface area contributed by atoms with E-state index in [1.165, 1.54) is 12.8 Å². The summed E-state index contributed by atoms with van der Waals surface area (Å²) < 4.78 is 0. The molecule has 2 aliphatic rings. The number of amides is 2. The van der Waals surface area contributed by atoms with Gasteiger partial charge in [-0.25, -0.2) is 4.79 Å². The highest BCUT2D eigenvalue weighted by Crippen LogP contribution is 2.21. The summed E-state index contributed by atoms with van der Waals surface area (Å²) in [5, 5.41) is 15.7. The van der Waals surface area contributed by atoms with Crippen LogP contribution in [0.25, 0.3) is 0 Å². The number of aliphatic carboxylic acids is 1. The molecule has 0 aliphatic carbocycles. The van der Waals surface area contributed by atoms with E-state index in [0.29, 0.717) is 18.3 Å². The lowest BCUT2D eigenvalue weighted by Crippen LogP contribution is -2.54. The number of nitrogens with one attached hydrogen (secondary N) is 2. The van der Waals surface area contributed by atoms with E-state index < -0.39 is 5.97 Å². The summed E-state index contributed by atoms with van der Waals surface area (Å²) in [5.41, 5.74) is 2.55. The van der Waals surface area contributed by atoms with E-state index in [9.17, 15) is 14.7 Å². The topological polar surface area (TPSA) is 88.1 Å². The third kappa shape index (κ3) is 6.46. The van der Waals surface area contributed by atoms with Gasteiger partial charge in [-0.1, -0.05) is 30.3 Å². The number of urea groups is 1. The number of carboxylic acids is 1. The molecule has 8 nitrogen and oxygen atoms in total. The van der Waals surface area contributed by atoms with Crippen LogP contribution in [0.15, 0.2) is 54.6 Å². The average molecular weight is 452 g/mol. The van der Waals surface area contributed by atoms with Crippen LogP contribution in [0.4, 0.5) is 16.2 Å². The number of hydrogen-bond donors (Lipinski definition) is 3. The molecule has 176 valence electrons. The molecule has 0 spiro atoms. The molecule has 2 amide bonds. The van der Waals surface area contributed by atoms with Gasteiger partial charge in [-0.15, -0.1) is 0 Å². The van der Waals surface area contributed by atoms with Gasteiger partial charge in [0.15, 0.2) is 0 Å². The van der Waals surface area contributed by atoms with Crippen LogP contribution in [0.2, 0.25) is 0 Å². The van der Waals surface area contributed by atoms with Crippen molar-refractivity contribution in [3.05, 3.63) is 60.2 Å². The van der Waals surface area contributed by atoms with E-state index >= 15 is 0 Å². The Morgan fingerprint density at radius 1 is 0.970 bits per heavy atom. The SMILES string of the molecule is O=C(O)CN(Cc1ccccc1)c1ccc(NC(=O)N2CCN(C3CCNCC3)CC2)cc1. The molecule has 0 radical (unpaired) electrons. The molecular weight excluding hydrogens is 418 g/mol. The standard InChI is InChI=1S/C25H33N5O3/c31-24(32)19-30(18-20-4-2-1-3-5-20)22-8-6-21(7-9-22)27-25(33)29-16-14-28(15-17-29)23-10-12-26-13-11-23/h1-9,23,26H,10-19H2,(H,27,33)(H,31,32). The first-order chi connectivity index (χ1) is 16.1. The Morgan fingerprint density at radius 3 is 2.27 bits per heavy atom. The molecule has 2 fully saturated rings. The fourth-order valence-electron chi connectivity index (χ4n) is 4.63. The molecule has 4 rings (SSSR count). The van der Waals surface area contributed by atoms with Crippen LogP contribution in [0.5, 0.6) is 0 Å². The van der Waals surface area contributed by atoms with E-state index in [0.717, 1.165) is 50.5 Å². The largest absolute Gasteiger partial charge is 0.480 e. The van der Waals surface area contributed by atoms with Gasteiger partial charge in [-0.3, -0.25) is 9.69 Å². The van der Waals surface area contributed by atoms with Gasteiger partial charge < -0.3 is 25.5 Å². The second-order valence-corrected chi connectivity index (χ2v) is 8.72. The third-order valence-corrected chi connectivity index (χ3v) is 6.45. The quantitative estimate of drug-likeness (QED) is 0.600. The van der Waals surface area contributed by atoms with E-state index in [4.69, 9.17) is 0 Å². The summed E-state index contributed by atoms with van der Waals surface area (Å²) in [6.07, 6.45) is 2.36. The Morgan fingerprint density at radius 2 is 1.64 bits per heavy atom. The predicted molar refractivity (Wildman–Crippen MR) is 130 cm³/mol. The number of carboxylic acid groups (broad SMARTS) is 1. The minimum Gasteiger partial charge on any atom is -0.480 e. The van der Waals surface area contributed by atoms with Gasteiger partial charge in [0.05, 0.1) is 0 Å². The summed E-state index contributed by atoms with van der Waals surface area (Å²) in [4.78, 5) is 30.3. The van der Waals surface area contributed by atoms with Crippen LogP contribution < -0.4 is 15.5 Å². The smallest absolute Gasteiger partial charge is 0.323 e. The number of piperazine rings is 1. The summed E-state index contributed by atoms with van der Waals surface area (Å²) in [6, 6.07) is 17.7. The molecule has 2 aliphatic heterocycles. The lowest BCUT2D eigenvalue weighted by Gasteiger charge is -2.40. The number of anilines is 2. The van der Waals surface area contributed by atoms with Crippen molar-refractivity contribution in [2.75, 3.05) is 56.0 Å². The summed E-state index contributed by atoms with van der Waals surface area (Å²) >= 11 is 0. The summed E-state index contributed by atoms with van der Waals surface area (Å²) in [6.45, 7) is 5.87. The van der Waals surface area contributed by atoms with Gasteiger partial charge >= 0.3 is 12.0 Å². The summed E-state index contributed by atoms with van der Waals surface area (Å²) in [7, 11) is 0. The van der Waals surface area contributed by atoms with E-state index in [1.807, 2.05) is 64.4 Å². The molecule has 8 heteroatoms. The zero-order chi connectivity index (χ0) is 23.0. The van der Waals surface area contributed by atoms with E-state index in [-0.39, 0.29) is 12.6 Å². The van der Waals surface area contributed by atoms with Gasteiger partial charge in [0.25, 0.3) is 0 Å². The van der Waals surface area contributed by atoms with Crippen molar-refractivity contribution in [2.24, 2.45) is 0 Å². The number of rotatable bonds is 7. The maximum atomic E-state index is 12.8. The van der Waals surface area contributed by atoms with Gasteiger partial charge in [0, 0.05) is 50.1 Å². The van der Waals surface area contributed by atoms with Gasteiger partial charge in [-0.05, 0) is 55.8 Å². The first-order valence-corrected chi connectivity index (χ1v) is 11.7. The lowest BCUT2D eigenvalue weighted by atomic mass is 10.0. The lowest BCUT2D eigenvalue weighted by molar-refractivity contribution is -0.135. The van der Waals surface area contributed by atoms with Crippen LogP contribution >= 0.6 is 0 Å². The number of carbonyl (C=O) groups is 2. The Kier molecular flexibility index (Phi) is 7.80. The predicted octanol–water partition coefficient (Wildman–Crippen LogP) is 2.68. The Balaban J connectivity index is 1.31. The molecule has 3 N–H and O–H groups in total. The van der Waals surface area contributed by atoms with Gasteiger partial charge in [-0.2, -0.15) is 0 Å². The Hall–Kier alpha value is -3.10. The zero-order valence-electron chi connectivity index (χ0n) is 18.9. The minimum atomic E-state index is -0.882. The first-order valence-electron chi connectivity index (χ1n) is 11.7. The third-order valence-electron chi connectivity index (χ3n) is 6.45. The average Bonchev–Trinajstić information content (AvgIpc) is 2.85. The first kappa shape index (κ1) is 23.1. The molecule has 2 aromatic carbocycles. The zero-order valence-corrected chi connectivity index (χ0v) is 18.9. The molecule has 33 heavy (non-hydrogen) atoms. The van der Waals surface area contributed by atoms with Crippen LogP contribution in [0, 0.1) is 0 Å². The highest BCUT2D eigenvalue weighted by atomic mass is 16.4. The minimum absolute atomic E-state index is 0.0839. The fraction of sp³-hybridized carbons (Fsp3) is 0.440. The summed E-state index contributed by atoms with van der Waals surface area (Å²) in [5.74, 6) is -0.882. The van der Waals surface area contributed by atoms with Gasteiger partial charge in [0.2, 0.25) is 0 Å². The number of piperidine rings is 1. The van der Waals surface area contributed by atoms with Crippen molar-refractivity contribution >= 4 is 23.4 Å². The second-order valence-electron chi connectivity index (χ2n) is 8.72. The van der Waals surface area contributed by atoms with Crippen molar-refractivity contribution in [1.29, 1.82) is 0 Å². The molecule has 2 saturated heterocycles. The molecule has 0 atom stereocenters. The molecule has 0 bridgehead atoms. The molecular formula is C25H33N5O3. The van der Waals surface area contributed by atoms with Crippen molar-refractivity contribution in [1.82, 2.24) is 15.1 Å². The van der Waals surface area contributed by atoms with Crippen molar-refractivity contribution in [3.8, 4) is 0 Å². The molecule has 2 heterocycles. The highest BCUT2D eigenvalue weighted by molar-refractivity contribution is 5.89. The fourth-order valence-corrected chi connectivity index (χ4v) is 4.63. The van der Waals surface area contributed by atoms with E-state index in [2.05, 4.69) is 15.5 Å². The van der Waals surface area contributed by atoms with Crippen LogP contribution in [-0.2, 0) is 11.3 Å². The molecule has 0 aromatic heterocycles. The molecule has 0 saturated carbocycles. The van der Waals surface area contributed by atoms with Crippen molar-refractivity contribution < 1.29 is 14.7 Å². The molecule has 2 aromatic rings. The van der Waals surface area contributed by atoms with Crippen LogP contribution in [0.3, 0.4) is 0 Å². The van der Waals surface area contributed by atoms with Crippen LogP contribution in [-0.4, -0.2) is 78.8 Å². The van der Waals surface area contributed by atoms with Gasteiger partial charge in [0.1, 0.15) is 6.54 Å². The number of carbonyl (C=O) groups excluding carboxylic acids is 1. The van der Waals surface area contributed by atoms with Crippen molar-refractivity contribution in [3.63, 3.8) is 0 Å². The van der Waals surface area contributed by atoms with E-state index in [1.54, 1.807) is 0 Å². The normalized spacial score (nSPS) is 17.5.